The highest BCUT2D eigenvalue weighted by atomic mass is 35.5. The van der Waals surface area contributed by atoms with Crippen molar-refractivity contribution >= 4 is 11.6 Å². The Morgan fingerprint density at radius 1 is 1.29 bits per heavy atom. The summed E-state index contributed by atoms with van der Waals surface area (Å²) in [5.74, 6) is 0. The highest BCUT2D eigenvalue weighted by molar-refractivity contribution is 6.30. The van der Waals surface area contributed by atoms with E-state index in [1.807, 2.05) is 24.3 Å². The molecule has 1 rings (SSSR count). The van der Waals surface area contributed by atoms with Crippen LogP contribution in [0.15, 0.2) is 24.3 Å². The van der Waals surface area contributed by atoms with Crippen molar-refractivity contribution in [3.63, 3.8) is 0 Å². The van der Waals surface area contributed by atoms with Crippen LogP contribution in [0, 0.1) is 0 Å². The minimum absolute atomic E-state index is 0.0105. The Morgan fingerprint density at radius 2 is 2.00 bits per heavy atom. The molecule has 0 saturated heterocycles. The predicted molar refractivity (Wildman–Crippen MR) is 70.3 cm³/mol. The zero-order chi connectivity index (χ0) is 12.7. The first-order valence-electron chi connectivity index (χ1n) is 5.77. The number of hydrogen-bond donors (Lipinski definition) is 1. The van der Waals surface area contributed by atoms with E-state index in [9.17, 15) is 0 Å². The maximum absolute atomic E-state index is 6.00. The van der Waals surface area contributed by atoms with Crippen molar-refractivity contribution in [2.24, 2.45) is 0 Å². The first-order chi connectivity index (χ1) is 8.22. The van der Waals surface area contributed by atoms with E-state index in [1.54, 1.807) is 14.2 Å². The number of halogens is 1. The lowest BCUT2D eigenvalue weighted by molar-refractivity contribution is -0.124. The summed E-state index contributed by atoms with van der Waals surface area (Å²) in [6, 6.07) is 7.73. The van der Waals surface area contributed by atoms with E-state index in [1.165, 1.54) is 0 Å². The summed E-state index contributed by atoms with van der Waals surface area (Å²) < 4.78 is 10.7. The zero-order valence-electron chi connectivity index (χ0n) is 10.6. The maximum atomic E-state index is 6.00. The Hall–Kier alpha value is -0.610. The first kappa shape index (κ1) is 14.5. The average Bonchev–Trinajstić information content (AvgIpc) is 2.34. The van der Waals surface area contributed by atoms with E-state index in [4.69, 9.17) is 21.1 Å². The van der Waals surface area contributed by atoms with E-state index >= 15 is 0 Å². The molecule has 0 amide bonds. The molecular formula is C13H20ClNO2. The number of hydrogen-bond acceptors (Lipinski definition) is 3. The zero-order valence-corrected chi connectivity index (χ0v) is 11.3. The minimum atomic E-state index is -0.319. The predicted octanol–water partition coefficient (Wildman–Crippen LogP) is 3.00. The van der Waals surface area contributed by atoms with Gasteiger partial charge in [0, 0.05) is 19.2 Å². The van der Waals surface area contributed by atoms with Crippen LogP contribution in [-0.2, 0) is 9.47 Å². The SMILES string of the molecule is CCCNC(c1cccc(Cl)c1)C(OC)OC. The fourth-order valence-electron chi connectivity index (χ4n) is 1.74. The van der Waals surface area contributed by atoms with E-state index in [0.717, 1.165) is 23.6 Å². The van der Waals surface area contributed by atoms with Crippen molar-refractivity contribution in [1.29, 1.82) is 0 Å². The van der Waals surface area contributed by atoms with Gasteiger partial charge in [-0.1, -0.05) is 30.7 Å². The van der Waals surface area contributed by atoms with Gasteiger partial charge in [0.2, 0.25) is 0 Å². The third-order valence-corrected chi connectivity index (χ3v) is 2.79. The average molecular weight is 258 g/mol. The molecule has 17 heavy (non-hydrogen) atoms. The normalized spacial score (nSPS) is 13.0. The third-order valence-electron chi connectivity index (χ3n) is 2.56. The summed E-state index contributed by atoms with van der Waals surface area (Å²) in [5.41, 5.74) is 1.07. The molecule has 3 nitrogen and oxygen atoms in total. The molecule has 0 radical (unpaired) electrons. The lowest BCUT2D eigenvalue weighted by atomic mass is 10.1. The Labute approximate surface area is 108 Å². The van der Waals surface area contributed by atoms with E-state index < -0.39 is 0 Å². The second-order valence-electron chi connectivity index (χ2n) is 3.83. The summed E-state index contributed by atoms with van der Waals surface area (Å²) in [7, 11) is 3.28. The van der Waals surface area contributed by atoms with E-state index in [2.05, 4.69) is 12.2 Å². The minimum Gasteiger partial charge on any atom is -0.354 e. The Kier molecular flexibility index (Phi) is 6.52. The van der Waals surface area contributed by atoms with Gasteiger partial charge in [0.05, 0.1) is 6.04 Å². The molecule has 0 saturated carbocycles. The second kappa shape index (κ2) is 7.67. The van der Waals surface area contributed by atoms with Crippen LogP contribution in [0.1, 0.15) is 24.9 Å². The molecular weight excluding hydrogens is 238 g/mol. The van der Waals surface area contributed by atoms with Crippen molar-refractivity contribution in [1.82, 2.24) is 5.32 Å². The summed E-state index contributed by atoms with van der Waals surface area (Å²) in [5, 5.41) is 4.13. The van der Waals surface area contributed by atoms with Gasteiger partial charge in [-0.2, -0.15) is 0 Å². The molecule has 0 aromatic heterocycles. The smallest absolute Gasteiger partial charge is 0.176 e. The molecule has 0 fully saturated rings. The molecule has 0 aliphatic rings. The van der Waals surface area contributed by atoms with E-state index in [-0.39, 0.29) is 12.3 Å². The molecule has 1 N–H and O–H groups in total. The third kappa shape index (κ3) is 4.28. The highest BCUT2D eigenvalue weighted by Crippen LogP contribution is 2.22. The monoisotopic (exact) mass is 257 g/mol. The van der Waals surface area contributed by atoms with Crippen molar-refractivity contribution < 1.29 is 9.47 Å². The van der Waals surface area contributed by atoms with Crippen LogP contribution in [-0.4, -0.2) is 27.1 Å². The number of rotatable bonds is 7. The van der Waals surface area contributed by atoms with Gasteiger partial charge >= 0.3 is 0 Å². The maximum Gasteiger partial charge on any atom is 0.176 e. The summed E-state index contributed by atoms with van der Waals surface area (Å²) in [4.78, 5) is 0. The topological polar surface area (TPSA) is 30.5 Å². The van der Waals surface area contributed by atoms with Gasteiger partial charge < -0.3 is 14.8 Å². The Balaban J connectivity index is 2.88. The van der Waals surface area contributed by atoms with Crippen molar-refractivity contribution in [2.75, 3.05) is 20.8 Å². The van der Waals surface area contributed by atoms with Crippen LogP contribution in [0.4, 0.5) is 0 Å². The molecule has 4 heteroatoms. The van der Waals surface area contributed by atoms with Crippen LogP contribution < -0.4 is 5.32 Å². The fourth-order valence-corrected chi connectivity index (χ4v) is 1.94. The van der Waals surface area contributed by atoms with Crippen molar-refractivity contribution in [3.05, 3.63) is 34.9 Å². The number of ether oxygens (including phenoxy) is 2. The molecule has 0 spiro atoms. The van der Waals surface area contributed by atoms with Crippen LogP contribution in [0.3, 0.4) is 0 Å². The van der Waals surface area contributed by atoms with Gasteiger partial charge in [-0.05, 0) is 30.7 Å². The van der Waals surface area contributed by atoms with Gasteiger partial charge in [0.15, 0.2) is 6.29 Å². The molecule has 0 heterocycles. The van der Waals surface area contributed by atoms with Crippen molar-refractivity contribution in [2.45, 2.75) is 25.7 Å². The molecule has 1 atom stereocenters. The number of benzene rings is 1. The lowest BCUT2D eigenvalue weighted by Gasteiger charge is -2.26. The molecule has 0 aliphatic carbocycles. The van der Waals surface area contributed by atoms with Crippen LogP contribution in [0.5, 0.6) is 0 Å². The number of nitrogens with one attached hydrogen (secondary N) is 1. The quantitative estimate of drug-likeness (QED) is 0.762. The second-order valence-corrected chi connectivity index (χ2v) is 4.26. The van der Waals surface area contributed by atoms with Crippen LogP contribution in [0.2, 0.25) is 5.02 Å². The van der Waals surface area contributed by atoms with Gasteiger partial charge in [-0.3, -0.25) is 0 Å². The first-order valence-corrected chi connectivity index (χ1v) is 6.15. The summed E-state index contributed by atoms with van der Waals surface area (Å²) in [6.07, 6.45) is 0.733. The van der Waals surface area contributed by atoms with Crippen LogP contribution in [0.25, 0.3) is 0 Å². The molecule has 1 aromatic carbocycles. The largest absolute Gasteiger partial charge is 0.354 e. The van der Waals surface area contributed by atoms with Crippen LogP contribution >= 0.6 is 11.6 Å². The standard InChI is InChI=1S/C13H20ClNO2/c1-4-8-15-12(13(16-2)17-3)10-6-5-7-11(14)9-10/h5-7,9,12-13,15H,4,8H2,1-3H3. The van der Waals surface area contributed by atoms with E-state index in [0.29, 0.717) is 0 Å². The summed E-state index contributed by atoms with van der Waals surface area (Å²) >= 11 is 6.00. The fraction of sp³-hybridized carbons (Fsp3) is 0.538. The van der Waals surface area contributed by atoms with Gasteiger partial charge in [0.25, 0.3) is 0 Å². The molecule has 0 bridgehead atoms. The molecule has 0 aliphatic heterocycles. The molecule has 1 aromatic rings. The summed E-state index contributed by atoms with van der Waals surface area (Å²) in [6.45, 7) is 3.02. The Morgan fingerprint density at radius 3 is 2.53 bits per heavy atom. The molecule has 1 unspecified atom stereocenters. The number of methoxy groups -OCH3 is 2. The Bertz CT molecular complexity index is 329. The van der Waals surface area contributed by atoms with Gasteiger partial charge in [-0.25, -0.2) is 0 Å². The van der Waals surface area contributed by atoms with Gasteiger partial charge in [-0.15, -0.1) is 0 Å². The van der Waals surface area contributed by atoms with Crippen molar-refractivity contribution in [3.8, 4) is 0 Å². The van der Waals surface area contributed by atoms with Gasteiger partial charge in [0.1, 0.15) is 0 Å². The lowest BCUT2D eigenvalue weighted by Crippen LogP contribution is -2.35. The molecule has 96 valence electrons. The highest BCUT2D eigenvalue weighted by Gasteiger charge is 2.22.